The van der Waals surface area contributed by atoms with E-state index in [0.717, 1.165) is 11.3 Å². The van der Waals surface area contributed by atoms with Crippen molar-refractivity contribution < 1.29 is 9.90 Å². The molecule has 0 spiro atoms. The number of anilines is 1. The topological polar surface area (TPSA) is 61.4 Å². The molecule has 3 rings (SSSR count). The van der Waals surface area contributed by atoms with E-state index < -0.39 is 5.66 Å². The molecule has 4 nitrogen and oxygen atoms in total. The fraction of sp³-hybridized carbons (Fsp3) is 0.278. The SMILES string of the molecule is CC1(CC(CO)c2ccccc2)NC(=O)c2ccccc2N1. The average molecular weight is 296 g/mol. The molecule has 0 saturated carbocycles. The third-order valence-electron chi connectivity index (χ3n) is 4.12. The number of carbonyl (C=O) groups excluding carboxylic acids is 1. The van der Waals surface area contributed by atoms with Gasteiger partial charge < -0.3 is 15.7 Å². The van der Waals surface area contributed by atoms with Crippen molar-refractivity contribution in [2.45, 2.75) is 24.9 Å². The van der Waals surface area contributed by atoms with Gasteiger partial charge in [-0.3, -0.25) is 4.79 Å². The molecule has 2 unspecified atom stereocenters. The van der Waals surface area contributed by atoms with E-state index >= 15 is 0 Å². The number of aliphatic hydroxyl groups is 1. The second kappa shape index (κ2) is 5.81. The fourth-order valence-electron chi connectivity index (χ4n) is 3.04. The summed E-state index contributed by atoms with van der Waals surface area (Å²) in [5, 5.41) is 16.2. The Morgan fingerprint density at radius 3 is 2.45 bits per heavy atom. The molecule has 0 bridgehead atoms. The fourth-order valence-corrected chi connectivity index (χ4v) is 3.04. The molecule has 114 valence electrons. The van der Waals surface area contributed by atoms with Gasteiger partial charge in [0, 0.05) is 11.6 Å². The number of hydrogen-bond donors (Lipinski definition) is 3. The molecule has 1 aliphatic heterocycles. The lowest BCUT2D eigenvalue weighted by molar-refractivity contribution is 0.0894. The summed E-state index contributed by atoms with van der Waals surface area (Å²) in [6.07, 6.45) is 0.605. The Morgan fingerprint density at radius 2 is 1.73 bits per heavy atom. The number of amides is 1. The standard InChI is InChI=1S/C18H20N2O2/c1-18(11-14(12-21)13-7-3-2-4-8-13)19-16-10-6-5-9-15(16)17(22)20-18/h2-10,14,19,21H,11-12H2,1H3,(H,20,22). The first-order chi connectivity index (χ1) is 10.6. The highest BCUT2D eigenvalue weighted by Crippen LogP contribution is 2.31. The molecule has 0 aromatic heterocycles. The molecule has 0 saturated heterocycles. The monoisotopic (exact) mass is 296 g/mol. The number of aliphatic hydroxyl groups excluding tert-OH is 1. The molecule has 0 aliphatic carbocycles. The molecule has 2 atom stereocenters. The van der Waals surface area contributed by atoms with Crippen molar-refractivity contribution in [3.8, 4) is 0 Å². The predicted octanol–water partition coefficient (Wildman–Crippen LogP) is 2.72. The molecule has 1 heterocycles. The quantitative estimate of drug-likeness (QED) is 0.813. The Bertz CT molecular complexity index is 672. The second-order valence-electron chi connectivity index (χ2n) is 5.95. The summed E-state index contributed by atoms with van der Waals surface area (Å²) in [6.45, 7) is 1.99. The Balaban J connectivity index is 1.84. The molecule has 2 aromatic rings. The first kappa shape index (κ1) is 14.6. The molecule has 1 aliphatic rings. The summed E-state index contributed by atoms with van der Waals surface area (Å²) in [7, 11) is 0. The van der Waals surface area contributed by atoms with Crippen molar-refractivity contribution in [1.29, 1.82) is 0 Å². The van der Waals surface area contributed by atoms with Gasteiger partial charge in [0.15, 0.2) is 0 Å². The van der Waals surface area contributed by atoms with Crippen LogP contribution in [-0.2, 0) is 0 Å². The Kier molecular flexibility index (Phi) is 3.86. The molecule has 0 fully saturated rings. The van der Waals surface area contributed by atoms with Crippen LogP contribution in [0.25, 0.3) is 0 Å². The molecule has 2 aromatic carbocycles. The normalized spacial score (nSPS) is 21.5. The number of para-hydroxylation sites is 1. The first-order valence-corrected chi connectivity index (χ1v) is 7.47. The van der Waals surface area contributed by atoms with Crippen LogP contribution in [0.4, 0.5) is 5.69 Å². The maximum atomic E-state index is 12.3. The first-order valence-electron chi connectivity index (χ1n) is 7.47. The molecular weight excluding hydrogens is 276 g/mol. The third-order valence-corrected chi connectivity index (χ3v) is 4.12. The molecular formula is C18H20N2O2. The predicted molar refractivity (Wildman–Crippen MR) is 86.8 cm³/mol. The number of benzene rings is 2. The number of nitrogens with one attached hydrogen (secondary N) is 2. The van der Waals surface area contributed by atoms with Crippen molar-refractivity contribution in [3.63, 3.8) is 0 Å². The summed E-state index contributed by atoms with van der Waals surface area (Å²) in [5.41, 5.74) is 1.97. The van der Waals surface area contributed by atoms with Crippen molar-refractivity contribution in [3.05, 3.63) is 65.7 Å². The van der Waals surface area contributed by atoms with E-state index in [0.29, 0.717) is 12.0 Å². The second-order valence-corrected chi connectivity index (χ2v) is 5.95. The molecule has 4 heteroatoms. The van der Waals surface area contributed by atoms with Crippen molar-refractivity contribution in [1.82, 2.24) is 5.32 Å². The number of rotatable bonds is 4. The number of carbonyl (C=O) groups is 1. The summed E-state index contributed by atoms with van der Waals surface area (Å²) in [4.78, 5) is 12.3. The number of hydrogen-bond acceptors (Lipinski definition) is 3. The van der Waals surface area contributed by atoms with Crippen LogP contribution in [0.3, 0.4) is 0 Å². The minimum absolute atomic E-state index is 0.0377. The summed E-state index contributed by atoms with van der Waals surface area (Å²) in [5.74, 6) is -0.120. The van der Waals surface area contributed by atoms with E-state index in [1.165, 1.54) is 0 Å². The highest BCUT2D eigenvalue weighted by molar-refractivity contribution is 6.02. The van der Waals surface area contributed by atoms with Gasteiger partial charge in [-0.15, -0.1) is 0 Å². The van der Waals surface area contributed by atoms with Crippen molar-refractivity contribution >= 4 is 11.6 Å². The summed E-state index contributed by atoms with van der Waals surface area (Å²) < 4.78 is 0. The van der Waals surface area contributed by atoms with E-state index in [2.05, 4.69) is 10.6 Å². The van der Waals surface area contributed by atoms with Crippen LogP contribution in [0.2, 0.25) is 0 Å². The van der Waals surface area contributed by atoms with Crippen LogP contribution >= 0.6 is 0 Å². The molecule has 1 amide bonds. The van der Waals surface area contributed by atoms with Gasteiger partial charge in [-0.05, 0) is 31.0 Å². The third kappa shape index (κ3) is 2.83. The summed E-state index contributed by atoms with van der Waals surface area (Å²) >= 11 is 0. The minimum Gasteiger partial charge on any atom is -0.396 e. The van der Waals surface area contributed by atoms with Crippen molar-refractivity contribution in [2.75, 3.05) is 11.9 Å². The van der Waals surface area contributed by atoms with Crippen LogP contribution in [-0.4, -0.2) is 23.3 Å². The Labute approximate surface area is 130 Å². The lowest BCUT2D eigenvalue weighted by Crippen LogP contribution is -2.56. The van der Waals surface area contributed by atoms with E-state index in [1.807, 2.05) is 55.5 Å². The highest BCUT2D eigenvalue weighted by atomic mass is 16.3. The van der Waals surface area contributed by atoms with E-state index in [-0.39, 0.29) is 18.4 Å². The van der Waals surface area contributed by atoms with Crippen LogP contribution in [0.15, 0.2) is 54.6 Å². The zero-order chi connectivity index (χ0) is 15.6. The van der Waals surface area contributed by atoms with Gasteiger partial charge >= 0.3 is 0 Å². The lowest BCUT2D eigenvalue weighted by atomic mass is 9.88. The van der Waals surface area contributed by atoms with Gasteiger partial charge in [-0.1, -0.05) is 42.5 Å². The molecule has 0 radical (unpaired) electrons. The molecule has 3 N–H and O–H groups in total. The maximum absolute atomic E-state index is 12.3. The molecule has 22 heavy (non-hydrogen) atoms. The van der Waals surface area contributed by atoms with Gasteiger partial charge in [-0.25, -0.2) is 0 Å². The van der Waals surface area contributed by atoms with Crippen molar-refractivity contribution in [2.24, 2.45) is 0 Å². The van der Waals surface area contributed by atoms with E-state index in [4.69, 9.17) is 0 Å². The van der Waals surface area contributed by atoms with Crippen LogP contribution in [0, 0.1) is 0 Å². The maximum Gasteiger partial charge on any atom is 0.255 e. The Morgan fingerprint density at radius 1 is 1.05 bits per heavy atom. The Hall–Kier alpha value is -2.33. The highest BCUT2D eigenvalue weighted by Gasteiger charge is 2.35. The van der Waals surface area contributed by atoms with E-state index in [9.17, 15) is 9.90 Å². The number of fused-ring (bicyclic) bond motifs is 1. The van der Waals surface area contributed by atoms with Crippen LogP contribution < -0.4 is 10.6 Å². The van der Waals surface area contributed by atoms with Crippen LogP contribution in [0.1, 0.15) is 35.2 Å². The van der Waals surface area contributed by atoms with E-state index in [1.54, 1.807) is 6.07 Å². The van der Waals surface area contributed by atoms with Gasteiger partial charge in [0.2, 0.25) is 0 Å². The smallest absolute Gasteiger partial charge is 0.255 e. The van der Waals surface area contributed by atoms with Gasteiger partial charge in [-0.2, -0.15) is 0 Å². The largest absolute Gasteiger partial charge is 0.396 e. The zero-order valence-electron chi connectivity index (χ0n) is 12.5. The van der Waals surface area contributed by atoms with Gasteiger partial charge in [0.1, 0.15) is 5.66 Å². The lowest BCUT2D eigenvalue weighted by Gasteiger charge is -2.39. The van der Waals surface area contributed by atoms with Gasteiger partial charge in [0.25, 0.3) is 5.91 Å². The minimum atomic E-state index is -0.589. The average Bonchev–Trinajstić information content (AvgIpc) is 2.53. The zero-order valence-corrected chi connectivity index (χ0v) is 12.5. The summed E-state index contributed by atoms with van der Waals surface area (Å²) in [6, 6.07) is 17.4. The van der Waals surface area contributed by atoms with Crippen LogP contribution in [0.5, 0.6) is 0 Å². The van der Waals surface area contributed by atoms with Gasteiger partial charge in [0.05, 0.1) is 12.2 Å².